The summed E-state index contributed by atoms with van der Waals surface area (Å²) in [6.07, 6.45) is -4.57. The Morgan fingerprint density at radius 2 is 2.00 bits per heavy atom. The van der Waals surface area contributed by atoms with Crippen molar-refractivity contribution in [3.05, 3.63) is 46.6 Å². The van der Waals surface area contributed by atoms with Gasteiger partial charge in [0.2, 0.25) is 0 Å². The molecule has 0 aliphatic heterocycles. The smallest absolute Gasteiger partial charge is 0.395 e. The van der Waals surface area contributed by atoms with Crippen molar-refractivity contribution in [1.29, 1.82) is 5.41 Å². The summed E-state index contributed by atoms with van der Waals surface area (Å²) in [6.45, 7) is 3.91. The number of amides is 1. The molecular formula is C17H21ClF3N3O2. The number of nitrogens with two attached hydrogens (primary N) is 1. The molecule has 0 saturated heterocycles. The second-order valence-electron chi connectivity index (χ2n) is 5.75. The molecule has 0 fully saturated rings. The SMILES string of the molecule is CC(C)OCCN(Cc1ccccc1Cl)C(=O)C(=N)C=C(N)C(F)(F)F. The lowest BCUT2D eigenvalue weighted by atomic mass is 10.2. The van der Waals surface area contributed by atoms with Gasteiger partial charge in [-0.15, -0.1) is 0 Å². The number of alkyl halides is 3. The summed E-state index contributed by atoms with van der Waals surface area (Å²) in [4.78, 5) is 13.6. The minimum Gasteiger partial charge on any atom is -0.395 e. The molecule has 1 amide bonds. The van der Waals surface area contributed by atoms with Gasteiger partial charge < -0.3 is 15.4 Å². The van der Waals surface area contributed by atoms with Crippen LogP contribution in [-0.4, -0.2) is 42.0 Å². The van der Waals surface area contributed by atoms with E-state index in [-0.39, 0.29) is 25.8 Å². The fourth-order valence-corrected chi connectivity index (χ4v) is 2.15. The maximum Gasteiger partial charge on any atom is 0.430 e. The number of nitrogens with one attached hydrogen (secondary N) is 1. The Morgan fingerprint density at radius 3 is 2.54 bits per heavy atom. The number of ether oxygens (including phenoxy) is 1. The number of hydrogen-bond acceptors (Lipinski definition) is 4. The largest absolute Gasteiger partial charge is 0.430 e. The Hall–Kier alpha value is -2.06. The topological polar surface area (TPSA) is 79.4 Å². The van der Waals surface area contributed by atoms with E-state index >= 15 is 0 Å². The van der Waals surface area contributed by atoms with E-state index in [1.54, 1.807) is 24.3 Å². The second kappa shape index (κ2) is 9.59. The zero-order valence-electron chi connectivity index (χ0n) is 14.4. The highest BCUT2D eigenvalue weighted by molar-refractivity contribution is 6.42. The van der Waals surface area contributed by atoms with Gasteiger partial charge in [-0.25, -0.2) is 0 Å². The molecule has 3 N–H and O–H groups in total. The molecular weight excluding hydrogens is 371 g/mol. The first-order valence-electron chi connectivity index (χ1n) is 7.79. The average molecular weight is 392 g/mol. The Morgan fingerprint density at radius 1 is 1.38 bits per heavy atom. The predicted octanol–water partition coefficient (Wildman–Crippen LogP) is 3.52. The maximum atomic E-state index is 12.5. The molecule has 26 heavy (non-hydrogen) atoms. The van der Waals surface area contributed by atoms with Crippen LogP contribution < -0.4 is 5.73 Å². The van der Waals surface area contributed by atoms with Crippen LogP contribution in [0.3, 0.4) is 0 Å². The molecule has 0 radical (unpaired) electrons. The van der Waals surface area contributed by atoms with E-state index in [2.05, 4.69) is 0 Å². The van der Waals surface area contributed by atoms with Crippen molar-refractivity contribution >= 4 is 23.2 Å². The number of carbonyl (C=O) groups is 1. The van der Waals surface area contributed by atoms with Crippen molar-refractivity contribution in [3.63, 3.8) is 0 Å². The summed E-state index contributed by atoms with van der Waals surface area (Å²) in [6, 6.07) is 6.77. The lowest BCUT2D eigenvalue weighted by molar-refractivity contribution is -0.125. The molecule has 0 saturated carbocycles. The zero-order chi connectivity index (χ0) is 19.9. The minimum absolute atomic E-state index is 0.0299. The van der Waals surface area contributed by atoms with Gasteiger partial charge in [0.25, 0.3) is 5.91 Å². The highest BCUT2D eigenvalue weighted by Crippen LogP contribution is 2.21. The van der Waals surface area contributed by atoms with Crippen LogP contribution >= 0.6 is 11.6 Å². The molecule has 5 nitrogen and oxygen atoms in total. The first-order chi connectivity index (χ1) is 12.0. The van der Waals surface area contributed by atoms with E-state index in [9.17, 15) is 18.0 Å². The van der Waals surface area contributed by atoms with Gasteiger partial charge in [0.05, 0.1) is 12.7 Å². The third-order valence-electron chi connectivity index (χ3n) is 3.28. The number of hydrogen-bond donors (Lipinski definition) is 2. The molecule has 1 rings (SSSR count). The first-order valence-corrected chi connectivity index (χ1v) is 8.17. The van der Waals surface area contributed by atoms with Crippen LogP contribution in [-0.2, 0) is 16.1 Å². The summed E-state index contributed by atoms with van der Waals surface area (Å²) in [7, 11) is 0. The third-order valence-corrected chi connectivity index (χ3v) is 3.64. The molecule has 0 aromatic heterocycles. The van der Waals surface area contributed by atoms with E-state index in [4.69, 9.17) is 27.5 Å². The number of carbonyl (C=O) groups excluding carboxylic acids is 1. The maximum absolute atomic E-state index is 12.5. The highest BCUT2D eigenvalue weighted by atomic mass is 35.5. The predicted molar refractivity (Wildman–Crippen MR) is 94.0 cm³/mol. The van der Waals surface area contributed by atoms with Crippen LogP contribution in [0.2, 0.25) is 5.02 Å². The molecule has 0 heterocycles. The summed E-state index contributed by atoms with van der Waals surface area (Å²) < 4.78 is 42.9. The normalized spacial score (nSPS) is 12.3. The quantitative estimate of drug-likeness (QED) is 0.665. The molecule has 0 unspecified atom stereocenters. The van der Waals surface area contributed by atoms with Gasteiger partial charge in [-0.1, -0.05) is 29.8 Å². The van der Waals surface area contributed by atoms with Gasteiger partial charge in [0, 0.05) is 18.1 Å². The van der Waals surface area contributed by atoms with Gasteiger partial charge in [-0.05, 0) is 31.6 Å². The summed E-state index contributed by atoms with van der Waals surface area (Å²) in [5.41, 5.74) is 3.12. The van der Waals surface area contributed by atoms with Crippen molar-refractivity contribution < 1.29 is 22.7 Å². The van der Waals surface area contributed by atoms with E-state index in [0.717, 1.165) is 0 Å². The number of halogens is 4. The van der Waals surface area contributed by atoms with Gasteiger partial charge >= 0.3 is 6.18 Å². The van der Waals surface area contributed by atoms with Crippen LogP contribution in [0.4, 0.5) is 13.2 Å². The van der Waals surface area contributed by atoms with Crippen molar-refractivity contribution in [1.82, 2.24) is 4.90 Å². The fraction of sp³-hybridized carbons (Fsp3) is 0.412. The number of allylic oxidation sites excluding steroid dienone is 1. The lowest BCUT2D eigenvalue weighted by Crippen LogP contribution is -2.38. The molecule has 144 valence electrons. The zero-order valence-corrected chi connectivity index (χ0v) is 15.2. The number of nitrogens with zero attached hydrogens (tertiary/aromatic N) is 1. The van der Waals surface area contributed by atoms with E-state index < -0.39 is 23.5 Å². The highest BCUT2D eigenvalue weighted by Gasteiger charge is 2.32. The van der Waals surface area contributed by atoms with Crippen LogP contribution in [0.1, 0.15) is 19.4 Å². The number of rotatable bonds is 8. The Balaban J connectivity index is 2.97. The molecule has 1 aromatic rings. The van der Waals surface area contributed by atoms with Crippen LogP contribution in [0.5, 0.6) is 0 Å². The Labute approximate surface area is 155 Å². The number of benzene rings is 1. The lowest BCUT2D eigenvalue weighted by Gasteiger charge is -2.23. The van der Waals surface area contributed by atoms with Crippen molar-refractivity contribution in [3.8, 4) is 0 Å². The summed E-state index contributed by atoms with van der Waals surface area (Å²) in [5.74, 6) is -0.899. The van der Waals surface area contributed by atoms with Crippen LogP contribution in [0, 0.1) is 5.41 Å². The monoisotopic (exact) mass is 391 g/mol. The van der Waals surface area contributed by atoms with Crippen molar-refractivity contribution in [2.75, 3.05) is 13.2 Å². The summed E-state index contributed by atoms with van der Waals surface area (Å²) >= 11 is 6.08. The van der Waals surface area contributed by atoms with Crippen LogP contribution in [0.15, 0.2) is 36.0 Å². The first kappa shape index (κ1) is 22.0. The third kappa shape index (κ3) is 7.05. The van der Waals surface area contributed by atoms with Gasteiger partial charge in [0.15, 0.2) is 0 Å². The minimum atomic E-state index is -4.80. The van der Waals surface area contributed by atoms with E-state index in [1.807, 2.05) is 13.8 Å². The average Bonchev–Trinajstić information content (AvgIpc) is 2.53. The Bertz CT molecular complexity index is 675. The standard InChI is InChI=1S/C17H21ClF3N3O2/c1-11(2)26-8-7-24(10-12-5-3-4-6-13(12)18)16(25)14(22)9-15(23)17(19,20)21/h3-6,9,11,22H,7-8,10,23H2,1-2H3. The molecule has 0 atom stereocenters. The van der Waals surface area contributed by atoms with Gasteiger partial charge in [-0.3, -0.25) is 10.2 Å². The molecule has 1 aromatic carbocycles. The van der Waals surface area contributed by atoms with E-state index in [1.165, 1.54) is 4.90 Å². The van der Waals surface area contributed by atoms with Crippen LogP contribution in [0.25, 0.3) is 0 Å². The second-order valence-corrected chi connectivity index (χ2v) is 6.16. The summed E-state index contributed by atoms with van der Waals surface area (Å²) in [5, 5.41) is 8.06. The fourth-order valence-electron chi connectivity index (χ4n) is 1.95. The van der Waals surface area contributed by atoms with Gasteiger partial charge in [0.1, 0.15) is 11.4 Å². The van der Waals surface area contributed by atoms with Gasteiger partial charge in [-0.2, -0.15) is 13.2 Å². The Kier molecular flexibility index (Phi) is 8.10. The molecule has 9 heteroatoms. The molecule has 0 aliphatic rings. The molecule has 0 spiro atoms. The van der Waals surface area contributed by atoms with Crippen molar-refractivity contribution in [2.24, 2.45) is 5.73 Å². The van der Waals surface area contributed by atoms with E-state index in [0.29, 0.717) is 16.7 Å². The molecule has 0 bridgehead atoms. The van der Waals surface area contributed by atoms with Crippen molar-refractivity contribution in [2.45, 2.75) is 32.7 Å². The molecule has 0 aliphatic carbocycles.